The molecule has 1 saturated heterocycles. The van der Waals surface area contributed by atoms with Crippen LogP contribution < -0.4 is 10.9 Å². The summed E-state index contributed by atoms with van der Waals surface area (Å²) in [6, 6.07) is 1.05. The largest absolute Gasteiger partial charge is 0.372 e. The Hall–Kier alpha value is -1.85. The summed E-state index contributed by atoms with van der Waals surface area (Å²) in [4.78, 5) is 25.1. The average Bonchev–Trinajstić information content (AvgIpc) is 2.39. The number of aromatic nitrogens is 2. The number of piperidine rings is 1. The van der Waals surface area contributed by atoms with Crippen molar-refractivity contribution in [1.82, 2.24) is 15.1 Å². The summed E-state index contributed by atoms with van der Waals surface area (Å²) < 4.78 is 0. The molecule has 1 unspecified atom stereocenters. The monoisotopic (exact) mass is 250 g/mol. The van der Waals surface area contributed by atoms with Crippen molar-refractivity contribution in [2.24, 2.45) is 0 Å². The summed E-state index contributed by atoms with van der Waals surface area (Å²) in [6.45, 7) is 3.47. The Kier molecular flexibility index (Phi) is 3.96. The molecule has 98 valence electrons. The molecule has 1 aromatic heterocycles. The minimum atomic E-state index is -0.341. The fourth-order valence-electron chi connectivity index (χ4n) is 2.16. The fourth-order valence-corrected chi connectivity index (χ4v) is 2.16. The lowest BCUT2D eigenvalue weighted by Gasteiger charge is -2.29. The number of rotatable bonds is 3. The van der Waals surface area contributed by atoms with Crippen LogP contribution in [0.5, 0.6) is 0 Å². The summed E-state index contributed by atoms with van der Waals surface area (Å²) in [6.07, 6.45) is 4.85. The van der Waals surface area contributed by atoms with E-state index in [0.29, 0.717) is 5.69 Å². The number of aromatic amines is 1. The average molecular weight is 250 g/mol. The topological polar surface area (TPSA) is 78.1 Å². The number of hydrogen-bond acceptors (Lipinski definition) is 4. The van der Waals surface area contributed by atoms with Gasteiger partial charge in [-0.1, -0.05) is 0 Å². The first kappa shape index (κ1) is 12.6. The molecule has 2 N–H and O–H groups in total. The molecule has 0 bridgehead atoms. The van der Waals surface area contributed by atoms with Gasteiger partial charge in [0.15, 0.2) is 0 Å². The van der Waals surface area contributed by atoms with Gasteiger partial charge in [-0.05, 0) is 26.2 Å². The van der Waals surface area contributed by atoms with Crippen molar-refractivity contribution in [2.45, 2.75) is 32.2 Å². The lowest BCUT2D eigenvalue weighted by atomic mass is 10.1. The summed E-state index contributed by atoms with van der Waals surface area (Å²) in [5.74, 6) is 0.0787. The van der Waals surface area contributed by atoms with Crippen molar-refractivity contribution < 1.29 is 4.79 Å². The summed E-state index contributed by atoms with van der Waals surface area (Å²) in [5, 5.41) is 8.99. The predicted octanol–water partition coefficient (Wildman–Crippen LogP) is 0.583. The summed E-state index contributed by atoms with van der Waals surface area (Å²) in [5.41, 5.74) is 0.286. The normalized spacial score (nSPS) is 17.3. The number of carbonyl (C=O) groups excluding carboxylic acids is 1. The molecule has 2 rings (SSSR count). The molecule has 1 fully saturated rings. The van der Waals surface area contributed by atoms with Crippen LogP contribution in [0.2, 0.25) is 0 Å². The van der Waals surface area contributed by atoms with Crippen LogP contribution in [0.25, 0.3) is 0 Å². The van der Waals surface area contributed by atoms with E-state index in [9.17, 15) is 9.59 Å². The van der Waals surface area contributed by atoms with E-state index in [-0.39, 0.29) is 17.5 Å². The number of hydrogen-bond donors (Lipinski definition) is 2. The maximum Gasteiger partial charge on any atom is 0.266 e. The molecule has 0 radical (unpaired) electrons. The molecule has 1 aliphatic rings. The van der Waals surface area contributed by atoms with Crippen molar-refractivity contribution >= 4 is 11.6 Å². The SMILES string of the molecule is CC(Nc1cn[nH]c(=O)c1)C(=O)N1CCCCC1. The van der Waals surface area contributed by atoms with Crippen LogP contribution >= 0.6 is 0 Å². The van der Waals surface area contributed by atoms with Gasteiger partial charge in [-0.2, -0.15) is 5.10 Å². The zero-order valence-corrected chi connectivity index (χ0v) is 10.5. The van der Waals surface area contributed by atoms with Crippen molar-refractivity contribution in [3.63, 3.8) is 0 Å². The van der Waals surface area contributed by atoms with Gasteiger partial charge in [-0.25, -0.2) is 5.10 Å². The third-order valence-corrected chi connectivity index (χ3v) is 3.09. The van der Waals surface area contributed by atoms with E-state index in [1.807, 2.05) is 4.90 Å². The van der Waals surface area contributed by atoms with Crippen LogP contribution in [-0.2, 0) is 4.79 Å². The van der Waals surface area contributed by atoms with Crippen molar-refractivity contribution in [3.05, 3.63) is 22.6 Å². The van der Waals surface area contributed by atoms with Gasteiger partial charge in [0.2, 0.25) is 5.91 Å². The molecule has 1 aliphatic heterocycles. The van der Waals surface area contributed by atoms with E-state index in [2.05, 4.69) is 15.5 Å². The second kappa shape index (κ2) is 5.66. The number of anilines is 1. The number of likely N-dealkylation sites (tertiary alicyclic amines) is 1. The maximum atomic E-state index is 12.1. The van der Waals surface area contributed by atoms with E-state index in [4.69, 9.17) is 0 Å². The molecule has 2 heterocycles. The van der Waals surface area contributed by atoms with E-state index in [0.717, 1.165) is 25.9 Å². The van der Waals surface area contributed by atoms with Gasteiger partial charge < -0.3 is 10.2 Å². The Bertz CT molecular complexity index is 465. The first-order chi connectivity index (χ1) is 8.66. The number of H-pyrrole nitrogens is 1. The minimum Gasteiger partial charge on any atom is -0.372 e. The molecule has 1 amide bonds. The van der Waals surface area contributed by atoms with Crippen LogP contribution in [0.1, 0.15) is 26.2 Å². The number of nitrogens with one attached hydrogen (secondary N) is 2. The molecular weight excluding hydrogens is 232 g/mol. The van der Waals surface area contributed by atoms with Gasteiger partial charge in [-0.3, -0.25) is 9.59 Å². The highest BCUT2D eigenvalue weighted by molar-refractivity contribution is 5.84. The van der Waals surface area contributed by atoms with E-state index in [1.54, 1.807) is 6.92 Å². The highest BCUT2D eigenvalue weighted by Crippen LogP contribution is 2.11. The minimum absolute atomic E-state index is 0.0787. The Labute approximate surface area is 105 Å². The van der Waals surface area contributed by atoms with Crippen LogP contribution in [0, 0.1) is 0 Å². The molecule has 1 aromatic rings. The smallest absolute Gasteiger partial charge is 0.266 e. The van der Waals surface area contributed by atoms with Crippen LogP contribution in [0.15, 0.2) is 17.1 Å². The standard InChI is InChI=1S/C12H18N4O2/c1-9(12(18)16-5-3-2-4-6-16)14-10-7-11(17)15-13-8-10/h7-9H,2-6H2,1H3,(H2,14,15,17). The number of amides is 1. The van der Waals surface area contributed by atoms with Gasteiger partial charge >= 0.3 is 0 Å². The van der Waals surface area contributed by atoms with Crippen LogP contribution in [0.3, 0.4) is 0 Å². The van der Waals surface area contributed by atoms with Gasteiger partial charge in [0.05, 0.1) is 11.9 Å². The Morgan fingerprint density at radius 3 is 2.83 bits per heavy atom. The molecule has 6 heteroatoms. The molecule has 18 heavy (non-hydrogen) atoms. The molecule has 1 atom stereocenters. The Morgan fingerprint density at radius 2 is 2.17 bits per heavy atom. The highest BCUT2D eigenvalue weighted by atomic mass is 16.2. The molecule has 0 aliphatic carbocycles. The Balaban J connectivity index is 1.96. The molecule has 0 spiro atoms. The molecular formula is C12H18N4O2. The van der Waals surface area contributed by atoms with E-state index < -0.39 is 0 Å². The van der Waals surface area contributed by atoms with E-state index >= 15 is 0 Å². The zero-order valence-electron chi connectivity index (χ0n) is 10.5. The lowest BCUT2D eigenvalue weighted by molar-refractivity contribution is -0.132. The second-order valence-corrected chi connectivity index (χ2v) is 4.59. The number of nitrogens with zero attached hydrogens (tertiary/aromatic N) is 2. The maximum absolute atomic E-state index is 12.1. The van der Waals surface area contributed by atoms with E-state index in [1.165, 1.54) is 18.7 Å². The molecule has 0 aromatic carbocycles. The second-order valence-electron chi connectivity index (χ2n) is 4.59. The Morgan fingerprint density at radius 1 is 1.44 bits per heavy atom. The van der Waals surface area contributed by atoms with Crippen molar-refractivity contribution in [3.8, 4) is 0 Å². The van der Waals surface area contributed by atoms with Crippen molar-refractivity contribution in [2.75, 3.05) is 18.4 Å². The van der Waals surface area contributed by atoms with Crippen LogP contribution in [-0.4, -0.2) is 40.1 Å². The predicted molar refractivity (Wildman–Crippen MR) is 68.4 cm³/mol. The van der Waals surface area contributed by atoms with Crippen LogP contribution in [0.4, 0.5) is 5.69 Å². The fraction of sp³-hybridized carbons (Fsp3) is 0.583. The first-order valence-corrected chi connectivity index (χ1v) is 6.27. The zero-order chi connectivity index (χ0) is 13.0. The summed E-state index contributed by atoms with van der Waals surface area (Å²) >= 11 is 0. The molecule has 6 nitrogen and oxygen atoms in total. The van der Waals surface area contributed by atoms with Gasteiger partial charge in [-0.15, -0.1) is 0 Å². The van der Waals surface area contributed by atoms with Gasteiger partial charge in [0, 0.05) is 19.2 Å². The number of carbonyl (C=O) groups is 1. The first-order valence-electron chi connectivity index (χ1n) is 6.27. The third kappa shape index (κ3) is 3.09. The third-order valence-electron chi connectivity index (χ3n) is 3.09. The summed E-state index contributed by atoms with van der Waals surface area (Å²) in [7, 11) is 0. The quantitative estimate of drug-likeness (QED) is 0.822. The lowest BCUT2D eigenvalue weighted by Crippen LogP contribution is -2.44. The highest BCUT2D eigenvalue weighted by Gasteiger charge is 2.21. The van der Waals surface area contributed by atoms with Gasteiger partial charge in [0.1, 0.15) is 6.04 Å². The molecule has 0 saturated carbocycles. The van der Waals surface area contributed by atoms with Gasteiger partial charge in [0.25, 0.3) is 5.56 Å². The van der Waals surface area contributed by atoms with Crippen molar-refractivity contribution in [1.29, 1.82) is 0 Å².